The molecule has 3 aromatic rings. The number of benzene rings is 2. The van der Waals surface area contributed by atoms with E-state index >= 15 is 0 Å². The Bertz CT molecular complexity index is 928. The van der Waals surface area contributed by atoms with Crippen molar-refractivity contribution >= 4 is 56.6 Å². The van der Waals surface area contributed by atoms with E-state index in [1.165, 1.54) is 5.39 Å². The first-order chi connectivity index (χ1) is 13.2. The van der Waals surface area contributed by atoms with Gasteiger partial charge in [0.25, 0.3) is 0 Å². The van der Waals surface area contributed by atoms with E-state index in [1.54, 1.807) is 6.20 Å². The topological polar surface area (TPSA) is 63.5 Å². The average Bonchev–Trinajstić information content (AvgIpc) is 3.08. The molecule has 1 heterocycles. The van der Waals surface area contributed by atoms with Crippen LogP contribution >= 0.6 is 39.9 Å². The molecular weight excluding hydrogens is 533 g/mol. The fourth-order valence-electron chi connectivity index (χ4n) is 2.68. The maximum Gasteiger partial charge on any atom is 0.191 e. The number of aryl methyl sites for hydroxylation is 1. The number of nitrogens with one attached hydrogen (secondary N) is 2. The largest absolute Gasteiger partial charge is 0.492 e. The molecule has 2 N–H and O–H groups in total. The highest BCUT2D eigenvalue weighted by Crippen LogP contribution is 2.23. The molecule has 0 bridgehead atoms. The van der Waals surface area contributed by atoms with Gasteiger partial charge in [0.15, 0.2) is 5.96 Å². The summed E-state index contributed by atoms with van der Waals surface area (Å²) in [4.78, 5) is 4.58. The Kier molecular flexibility index (Phi) is 9.04. The summed E-state index contributed by atoms with van der Waals surface area (Å²) in [6.45, 7) is 4.64. The van der Waals surface area contributed by atoms with E-state index in [1.807, 2.05) is 36.9 Å². The van der Waals surface area contributed by atoms with Gasteiger partial charge in [-0.25, -0.2) is 4.99 Å². The highest BCUT2D eigenvalue weighted by Gasteiger charge is 2.02. The zero-order valence-corrected chi connectivity index (χ0v) is 19.9. The van der Waals surface area contributed by atoms with Gasteiger partial charge in [0.05, 0.1) is 18.8 Å². The Labute approximate surface area is 190 Å². The van der Waals surface area contributed by atoms with Crippen LogP contribution in [0.5, 0.6) is 5.75 Å². The highest BCUT2D eigenvalue weighted by molar-refractivity contribution is 14.0. The molecule has 1 aromatic heterocycles. The molecular formula is C20H25BrIN5O. The minimum Gasteiger partial charge on any atom is -0.492 e. The lowest BCUT2D eigenvalue weighted by atomic mass is 10.1. The molecule has 0 spiro atoms. The number of nitrogens with zero attached hydrogens (tertiary/aromatic N) is 3. The number of guanidine groups is 1. The lowest BCUT2D eigenvalue weighted by Crippen LogP contribution is -2.39. The molecule has 0 radical (unpaired) electrons. The van der Waals surface area contributed by atoms with E-state index in [0.29, 0.717) is 19.7 Å². The summed E-state index contributed by atoms with van der Waals surface area (Å²) in [7, 11) is 1.92. The van der Waals surface area contributed by atoms with Crippen molar-refractivity contribution in [3.05, 3.63) is 58.8 Å². The van der Waals surface area contributed by atoms with Gasteiger partial charge in [0.1, 0.15) is 12.4 Å². The highest BCUT2D eigenvalue weighted by atomic mass is 127. The van der Waals surface area contributed by atoms with Crippen molar-refractivity contribution < 1.29 is 4.74 Å². The molecule has 0 aliphatic carbocycles. The first kappa shape index (κ1) is 22.5. The summed E-state index contributed by atoms with van der Waals surface area (Å²) in [5.74, 6) is 1.63. The molecule has 0 saturated carbocycles. The molecule has 0 fully saturated rings. The van der Waals surface area contributed by atoms with Crippen LogP contribution in [0.25, 0.3) is 10.8 Å². The van der Waals surface area contributed by atoms with Crippen molar-refractivity contribution in [2.24, 2.45) is 12.0 Å². The molecule has 0 atom stereocenters. The van der Waals surface area contributed by atoms with Crippen molar-refractivity contribution in [2.45, 2.75) is 13.5 Å². The maximum absolute atomic E-state index is 5.87. The summed E-state index contributed by atoms with van der Waals surface area (Å²) >= 11 is 3.50. The molecule has 6 nitrogen and oxygen atoms in total. The van der Waals surface area contributed by atoms with Crippen LogP contribution in [-0.2, 0) is 13.6 Å². The first-order valence-electron chi connectivity index (χ1n) is 8.97. The van der Waals surface area contributed by atoms with Gasteiger partial charge in [0.2, 0.25) is 0 Å². The predicted molar refractivity (Wildman–Crippen MR) is 129 cm³/mol. The van der Waals surface area contributed by atoms with E-state index in [-0.39, 0.29) is 24.0 Å². The lowest BCUT2D eigenvalue weighted by Gasteiger charge is -2.12. The number of fused-ring (bicyclic) bond motifs is 1. The summed E-state index contributed by atoms with van der Waals surface area (Å²) in [6, 6.07) is 14.3. The molecule has 0 aliphatic heterocycles. The molecule has 0 unspecified atom stereocenters. The van der Waals surface area contributed by atoms with Crippen LogP contribution in [0.1, 0.15) is 12.6 Å². The van der Waals surface area contributed by atoms with Gasteiger partial charge in [0, 0.05) is 24.3 Å². The third kappa shape index (κ3) is 6.37. The van der Waals surface area contributed by atoms with E-state index in [4.69, 9.17) is 4.74 Å². The second kappa shape index (κ2) is 11.3. The number of halogens is 2. The SMILES string of the molecule is CCNC(=NCc1ccnn1C)NCCOc1ccc2cc(Br)ccc2c1.I. The van der Waals surface area contributed by atoms with Crippen molar-refractivity contribution in [3.8, 4) is 5.75 Å². The van der Waals surface area contributed by atoms with E-state index in [0.717, 1.165) is 33.8 Å². The maximum atomic E-state index is 5.87. The monoisotopic (exact) mass is 557 g/mol. The Morgan fingerprint density at radius 3 is 2.68 bits per heavy atom. The van der Waals surface area contributed by atoms with Crippen LogP contribution in [0, 0.1) is 0 Å². The normalized spacial score (nSPS) is 11.2. The van der Waals surface area contributed by atoms with Crippen molar-refractivity contribution in [1.29, 1.82) is 0 Å². The molecule has 28 heavy (non-hydrogen) atoms. The van der Waals surface area contributed by atoms with Gasteiger partial charge >= 0.3 is 0 Å². The second-order valence-corrected chi connectivity index (χ2v) is 6.99. The van der Waals surface area contributed by atoms with Gasteiger partial charge < -0.3 is 15.4 Å². The number of aliphatic imine (C=N–C) groups is 1. The molecule has 150 valence electrons. The fourth-order valence-corrected chi connectivity index (χ4v) is 3.06. The number of rotatable bonds is 7. The molecule has 0 aliphatic rings. The van der Waals surface area contributed by atoms with Crippen molar-refractivity contribution in [2.75, 3.05) is 19.7 Å². The van der Waals surface area contributed by atoms with Gasteiger partial charge in [-0.15, -0.1) is 24.0 Å². The summed E-state index contributed by atoms with van der Waals surface area (Å²) in [6.07, 6.45) is 1.78. The Hall–Kier alpha value is -1.81. The molecule has 0 amide bonds. The lowest BCUT2D eigenvalue weighted by molar-refractivity contribution is 0.322. The number of hydrogen-bond donors (Lipinski definition) is 2. The second-order valence-electron chi connectivity index (χ2n) is 6.07. The van der Waals surface area contributed by atoms with Gasteiger partial charge in [-0.1, -0.05) is 28.1 Å². The fraction of sp³-hybridized carbons (Fsp3) is 0.300. The smallest absolute Gasteiger partial charge is 0.191 e. The Morgan fingerprint density at radius 2 is 1.93 bits per heavy atom. The van der Waals surface area contributed by atoms with Crippen LogP contribution in [0.4, 0.5) is 0 Å². The average molecular weight is 558 g/mol. The van der Waals surface area contributed by atoms with E-state index in [2.05, 4.69) is 60.9 Å². The quantitative estimate of drug-likeness (QED) is 0.199. The van der Waals surface area contributed by atoms with E-state index in [9.17, 15) is 0 Å². The first-order valence-corrected chi connectivity index (χ1v) is 9.76. The van der Waals surface area contributed by atoms with Crippen molar-refractivity contribution in [1.82, 2.24) is 20.4 Å². The molecule has 8 heteroatoms. The summed E-state index contributed by atoms with van der Waals surface area (Å²) in [5.41, 5.74) is 1.06. The number of ether oxygens (including phenoxy) is 1. The minimum absolute atomic E-state index is 0. The third-order valence-corrected chi connectivity index (χ3v) is 4.60. The Balaban J connectivity index is 0.00000280. The number of aromatic nitrogens is 2. The third-order valence-electron chi connectivity index (χ3n) is 4.10. The summed E-state index contributed by atoms with van der Waals surface area (Å²) in [5, 5.41) is 13.0. The molecule has 3 rings (SSSR count). The van der Waals surface area contributed by atoms with Crippen LogP contribution < -0.4 is 15.4 Å². The van der Waals surface area contributed by atoms with Crippen LogP contribution in [0.2, 0.25) is 0 Å². The summed E-state index contributed by atoms with van der Waals surface area (Å²) < 4.78 is 8.78. The minimum atomic E-state index is 0. The Morgan fingerprint density at radius 1 is 1.14 bits per heavy atom. The van der Waals surface area contributed by atoms with Crippen LogP contribution in [-0.4, -0.2) is 35.4 Å². The van der Waals surface area contributed by atoms with Gasteiger partial charge in [-0.2, -0.15) is 5.10 Å². The van der Waals surface area contributed by atoms with Gasteiger partial charge in [-0.05, 0) is 48.0 Å². The van der Waals surface area contributed by atoms with Gasteiger partial charge in [-0.3, -0.25) is 4.68 Å². The zero-order chi connectivity index (χ0) is 19.1. The number of hydrogen-bond acceptors (Lipinski definition) is 3. The van der Waals surface area contributed by atoms with Crippen LogP contribution in [0.3, 0.4) is 0 Å². The van der Waals surface area contributed by atoms with Crippen LogP contribution in [0.15, 0.2) is 58.1 Å². The standard InChI is InChI=1S/C20H24BrN5O.HI/c1-3-22-20(24-14-18-8-9-25-26(18)2)23-10-11-27-19-7-5-15-12-17(21)6-4-16(15)13-19;/h4-9,12-13H,3,10-11,14H2,1-2H3,(H2,22,23,24);1H. The zero-order valence-electron chi connectivity index (χ0n) is 16.0. The predicted octanol–water partition coefficient (Wildman–Crippen LogP) is 4.09. The van der Waals surface area contributed by atoms with E-state index < -0.39 is 0 Å². The molecule has 0 saturated heterocycles. The van der Waals surface area contributed by atoms with Crippen molar-refractivity contribution in [3.63, 3.8) is 0 Å². The molecule has 2 aromatic carbocycles.